The molecule has 220 valence electrons. The lowest BCUT2D eigenvalue weighted by Gasteiger charge is -2.32. The van der Waals surface area contributed by atoms with Crippen LogP contribution < -0.4 is 5.46 Å². The molecule has 1 aliphatic rings. The zero-order valence-corrected chi connectivity index (χ0v) is 24.4. The highest BCUT2D eigenvalue weighted by atomic mass is 79.9. The summed E-state index contributed by atoms with van der Waals surface area (Å²) in [6.07, 6.45) is -9.77. The van der Waals surface area contributed by atoms with Crippen LogP contribution in [0, 0.1) is 0 Å². The van der Waals surface area contributed by atoms with Crippen LogP contribution in [0.15, 0.2) is 77.3 Å². The van der Waals surface area contributed by atoms with Crippen molar-refractivity contribution in [2.45, 2.75) is 51.2 Å². The Bertz CT molecular complexity index is 1660. The van der Waals surface area contributed by atoms with Gasteiger partial charge in [0.2, 0.25) is 0 Å². The van der Waals surface area contributed by atoms with E-state index in [1.54, 1.807) is 36.4 Å². The van der Waals surface area contributed by atoms with Crippen LogP contribution in [0.1, 0.15) is 48.4 Å². The van der Waals surface area contributed by atoms with Gasteiger partial charge in [-0.1, -0.05) is 76.6 Å². The maximum absolute atomic E-state index is 12.9. The topological polar surface area (TPSA) is 52.6 Å². The van der Waals surface area contributed by atoms with Crippen molar-refractivity contribution in [3.05, 3.63) is 88.4 Å². The van der Waals surface area contributed by atoms with Gasteiger partial charge in [-0.2, -0.15) is 26.3 Å². The van der Waals surface area contributed by atoms with E-state index in [9.17, 15) is 35.9 Å². The highest BCUT2D eigenvalue weighted by Crippen LogP contribution is 2.37. The molecule has 0 bridgehead atoms. The Morgan fingerprint density at radius 3 is 1.45 bits per heavy atom. The molecule has 4 aromatic carbocycles. The summed E-state index contributed by atoms with van der Waals surface area (Å²) in [5.41, 5.74) is -1.23. The van der Waals surface area contributed by atoms with Gasteiger partial charge in [0.15, 0.2) is 0 Å². The molecule has 1 fully saturated rings. The molecule has 0 spiro atoms. The monoisotopic (exact) mass is 652 g/mol. The minimum absolute atomic E-state index is 0.233. The number of hydrogen-bond donors (Lipinski definition) is 0. The van der Waals surface area contributed by atoms with Gasteiger partial charge in [-0.3, -0.25) is 9.59 Å². The van der Waals surface area contributed by atoms with E-state index >= 15 is 0 Å². The molecule has 12 heteroatoms. The summed E-state index contributed by atoms with van der Waals surface area (Å²) in [6.45, 7) is 7.60. The number of fused-ring (bicyclic) bond motifs is 2. The van der Waals surface area contributed by atoms with E-state index in [1.807, 2.05) is 27.7 Å². The lowest BCUT2D eigenvalue weighted by molar-refractivity contribution is -0.0887. The largest absolute Gasteiger partial charge is 0.495 e. The third-order valence-electron chi connectivity index (χ3n) is 7.34. The van der Waals surface area contributed by atoms with E-state index in [1.165, 1.54) is 36.4 Å². The van der Waals surface area contributed by atoms with Crippen LogP contribution in [0.25, 0.3) is 21.5 Å². The van der Waals surface area contributed by atoms with E-state index in [0.717, 1.165) is 0 Å². The number of carbonyl (C=O) groups is 2. The molecule has 5 rings (SSSR count). The molecule has 0 aliphatic carbocycles. The number of ketones is 2. The minimum atomic E-state index is -4.92. The molecule has 0 atom stereocenters. The van der Waals surface area contributed by atoms with Crippen LogP contribution in [0.4, 0.5) is 26.3 Å². The fourth-order valence-electron chi connectivity index (χ4n) is 4.46. The highest BCUT2D eigenvalue weighted by molar-refractivity contribution is 9.10. The number of rotatable bonds is 3. The maximum atomic E-state index is 12.9. The average molecular weight is 653 g/mol. The molecule has 0 saturated carbocycles. The molecule has 42 heavy (non-hydrogen) atoms. The van der Waals surface area contributed by atoms with Gasteiger partial charge in [0.1, 0.15) is 0 Å². The number of hydrogen-bond acceptors (Lipinski definition) is 4. The summed E-state index contributed by atoms with van der Waals surface area (Å²) in [5, 5.41) is 1.62. The SMILES string of the molecule is CC1(C)OB(c2ccc(C(=O)C(F)(F)F)c3ccccc23)OC1(C)C.O=C(c1ccc(Br)c2ccccc12)C(F)(F)F. The Labute approximate surface area is 246 Å². The predicted molar refractivity (Wildman–Crippen MR) is 152 cm³/mol. The van der Waals surface area contributed by atoms with E-state index < -0.39 is 42.2 Å². The Balaban J connectivity index is 0.000000208. The Kier molecular flexibility index (Phi) is 8.40. The van der Waals surface area contributed by atoms with Crippen molar-refractivity contribution in [1.82, 2.24) is 0 Å². The number of alkyl halides is 6. The van der Waals surface area contributed by atoms with Crippen LogP contribution in [-0.2, 0) is 9.31 Å². The van der Waals surface area contributed by atoms with Gasteiger partial charge in [-0.05, 0) is 66.8 Å². The quantitative estimate of drug-likeness (QED) is 0.127. The maximum Gasteiger partial charge on any atom is 0.495 e. The predicted octanol–water partition coefficient (Wildman–Crippen LogP) is 8.23. The Morgan fingerprint density at radius 2 is 1.00 bits per heavy atom. The Morgan fingerprint density at radius 1 is 0.619 bits per heavy atom. The highest BCUT2D eigenvalue weighted by Gasteiger charge is 2.52. The van der Waals surface area contributed by atoms with Gasteiger partial charge >= 0.3 is 19.5 Å². The van der Waals surface area contributed by atoms with Crippen molar-refractivity contribution in [3.8, 4) is 0 Å². The van der Waals surface area contributed by atoms with Crippen LogP contribution in [0.3, 0.4) is 0 Å². The second kappa shape index (κ2) is 11.1. The molecule has 0 amide bonds. The summed E-state index contributed by atoms with van der Waals surface area (Å²) in [5.74, 6) is -3.68. The molecule has 0 unspecified atom stereocenters. The second-order valence-corrected chi connectivity index (χ2v) is 11.5. The van der Waals surface area contributed by atoms with E-state index in [-0.39, 0.29) is 16.5 Å². The normalized spacial score (nSPS) is 16.3. The van der Waals surface area contributed by atoms with Crippen LogP contribution in [0.2, 0.25) is 0 Å². The first kappa shape index (κ1) is 31.7. The van der Waals surface area contributed by atoms with E-state index in [2.05, 4.69) is 15.9 Å². The zero-order chi connectivity index (χ0) is 31.3. The van der Waals surface area contributed by atoms with Crippen LogP contribution in [0.5, 0.6) is 0 Å². The third-order valence-corrected chi connectivity index (χ3v) is 8.03. The first-order valence-electron chi connectivity index (χ1n) is 12.6. The lowest BCUT2D eigenvalue weighted by Crippen LogP contribution is -2.41. The number of halogens is 7. The van der Waals surface area contributed by atoms with Crippen molar-refractivity contribution >= 4 is 61.6 Å². The third kappa shape index (κ3) is 6.11. The molecule has 1 heterocycles. The van der Waals surface area contributed by atoms with Crippen molar-refractivity contribution in [2.75, 3.05) is 0 Å². The second-order valence-electron chi connectivity index (χ2n) is 10.6. The van der Waals surface area contributed by atoms with Gasteiger partial charge in [0.25, 0.3) is 11.6 Å². The molecule has 1 saturated heterocycles. The van der Waals surface area contributed by atoms with Gasteiger partial charge in [0, 0.05) is 15.6 Å². The fraction of sp³-hybridized carbons (Fsp3) is 0.267. The van der Waals surface area contributed by atoms with Gasteiger partial charge < -0.3 is 9.31 Å². The summed E-state index contributed by atoms with van der Waals surface area (Å²) >= 11 is 3.24. The van der Waals surface area contributed by atoms with Gasteiger partial charge in [-0.15, -0.1) is 0 Å². The van der Waals surface area contributed by atoms with Crippen LogP contribution in [-0.4, -0.2) is 42.2 Å². The molecular weight excluding hydrogens is 629 g/mol. The molecule has 0 aromatic heterocycles. The first-order valence-corrected chi connectivity index (χ1v) is 13.4. The molecular formula is C30H24BBrF6O4. The van der Waals surface area contributed by atoms with Crippen molar-refractivity contribution in [3.63, 3.8) is 0 Å². The van der Waals surface area contributed by atoms with Crippen molar-refractivity contribution in [2.24, 2.45) is 0 Å². The summed E-state index contributed by atoms with van der Waals surface area (Å²) in [4.78, 5) is 23.0. The van der Waals surface area contributed by atoms with Crippen molar-refractivity contribution < 1.29 is 45.2 Å². The molecule has 4 nitrogen and oxygen atoms in total. The van der Waals surface area contributed by atoms with Gasteiger partial charge in [0.05, 0.1) is 11.2 Å². The summed E-state index contributed by atoms with van der Waals surface area (Å²) in [6, 6.07) is 18.2. The van der Waals surface area contributed by atoms with E-state index in [4.69, 9.17) is 9.31 Å². The average Bonchev–Trinajstić information content (AvgIpc) is 3.13. The number of Topliss-reactive ketones (excluding diaryl/α,β-unsaturated/α-hetero) is 2. The number of benzene rings is 4. The minimum Gasteiger partial charge on any atom is -0.399 e. The summed E-state index contributed by atoms with van der Waals surface area (Å²) < 4.78 is 88.5. The molecule has 4 aromatic rings. The van der Waals surface area contributed by atoms with Crippen LogP contribution >= 0.6 is 15.9 Å². The van der Waals surface area contributed by atoms with Crippen molar-refractivity contribution in [1.29, 1.82) is 0 Å². The molecule has 0 N–H and O–H groups in total. The van der Waals surface area contributed by atoms with Gasteiger partial charge in [-0.25, -0.2) is 0 Å². The standard InChI is InChI=1S/C18H18BF3O3.C12H6BrF3O/c1-16(2)17(3,4)25-19(24-16)14-10-9-13(15(23)18(20,21)22)11-7-5-6-8-12(11)14;13-10-6-5-9(11(17)12(14,15)16)7-3-1-2-4-8(7)10/h5-10H,1-4H3;1-6H. The zero-order valence-electron chi connectivity index (χ0n) is 22.8. The van der Waals surface area contributed by atoms with E-state index in [0.29, 0.717) is 26.1 Å². The molecule has 0 radical (unpaired) electrons. The summed E-state index contributed by atoms with van der Waals surface area (Å²) in [7, 11) is -0.718. The first-order chi connectivity index (χ1) is 19.3. The lowest BCUT2D eigenvalue weighted by atomic mass is 9.75. The number of carbonyl (C=O) groups excluding carboxylic acids is 2. The smallest absolute Gasteiger partial charge is 0.399 e. The fourth-order valence-corrected chi connectivity index (χ4v) is 4.94. The molecule has 1 aliphatic heterocycles. The Hall–Kier alpha value is -3.22.